The van der Waals surface area contributed by atoms with E-state index in [1.54, 1.807) is 11.9 Å². The van der Waals surface area contributed by atoms with E-state index in [0.717, 1.165) is 16.8 Å². The highest BCUT2D eigenvalue weighted by molar-refractivity contribution is 6.01. The molecule has 15 heavy (non-hydrogen) atoms. The molecule has 1 heterocycles. The van der Waals surface area contributed by atoms with Gasteiger partial charge in [-0.15, -0.1) is 0 Å². The van der Waals surface area contributed by atoms with Crippen molar-refractivity contribution in [2.45, 2.75) is 6.42 Å². The molecule has 0 bridgehead atoms. The summed E-state index contributed by atoms with van der Waals surface area (Å²) in [7, 11) is 1.76. The molecule has 1 aliphatic heterocycles. The standard InChI is InChI=1S/C12H10N2O/c1-8(7-13)9-3-4-11-10(5-9)6-12(15)14(11)2/h3-5H,1,6H2,2H3. The van der Waals surface area contributed by atoms with Crippen LogP contribution in [0, 0.1) is 11.3 Å². The van der Waals surface area contributed by atoms with Gasteiger partial charge in [-0.25, -0.2) is 0 Å². The molecule has 0 aromatic heterocycles. The number of rotatable bonds is 1. The molecule has 1 aromatic carbocycles. The molecule has 0 saturated carbocycles. The minimum absolute atomic E-state index is 0.0877. The van der Waals surface area contributed by atoms with E-state index in [9.17, 15) is 4.79 Å². The number of likely N-dealkylation sites (N-methyl/N-ethyl adjacent to an activating group) is 1. The van der Waals surface area contributed by atoms with Gasteiger partial charge in [0.05, 0.1) is 18.1 Å². The second-order valence-corrected chi connectivity index (χ2v) is 3.56. The largest absolute Gasteiger partial charge is 0.315 e. The summed E-state index contributed by atoms with van der Waals surface area (Å²) in [5.74, 6) is 0.0877. The third-order valence-corrected chi connectivity index (χ3v) is 2.64. The Kier molecular flexibility index (Phi) is 2.05. The third-order valence-electron chi connectivity index (χ3n) is 2.64. The molecule has 3 nitrogen and oxygen atoms in total. The van der Waals surface area contributed by atoms with Crippen LogP contribution in [-0.2, 0) is 11.2 Å². The van der Waals surface area contributed by atoms with Gasteiger partial charge in [0.2, 0.25) is 5.91 Å². The van der Waals surface area contributed by atoms with Crippen molar-refractivity contribution < 1.29 is 4.79 Å². The number of amides is 1. The molecular formula is C12H10N2O. The van der Waals surface area contributed by atoms with Crippen LogP contribution in [0.1, 0.15) is 11.1 Å². The van der Waals surface area contributed by atoms with E-state index in [1.807, 2.05) is 24.3 Å². The maximum absolute atomic E-state index is 11.4. The van der Waals surface area contributed by atoms with Crippen molar-refractivity contribution in [3.8, 4) is 6.07 Å². The van der Waals surface area contributed by atoms with E-state index in [1.165, 1.54) is 0 Å². The van der Waals surface area contributed by atoms with Crippen LogP contribution < -0.4 is 4.90 Å². The monoisotopic (exact) mass is 198 g/mol. The van der Waals surface area contributed by atoms with E-state index in [-0.39, 0.29) is 5.91 Å². The normalized spacial score (nSPS) is 13.6. The Balaban J connectivity index is 2.47. The Morgan fingerprint density at radius 2 is 2.33 bits per heavy atom. The van der Waals surface area contributed by atoms with Crippen LogP contribution in [0.15, 0.2) is 24.8 Å². The van der Waals surface area contributed by atoms with Gasteiger partial charge in [-0.1, -0.05) is 12.6 Å². The molecule has 1 aliphatic rings. The average molecular weight is 198 g/mol. The van der Waals surface area contributed by atoms with E-state index in [0.29, 0.717) is 12.0 Å². The van der Waals surface area contributed by atoms with Crippen molar-refractivity contribution in [2.24, 2.45) is 0 Å². The van der Waals surface area contributed by atoms with E-state index in [4.69, 9.17) is 5.26 Å². The van der Waals surface area contributed by atoms with E-state index >= 15 is 0 Å². The summed E-state index contributed by atoms with van der Waals surface area (Å²) in [6.07, 6.45) is 0.415. The topological polar surface area (TPSA) is 44.1 Å². The van der Waals surface area contributed by atoms with Gasteiger partial charge in [0.15, 0.2) is 0 Å². The molecule has 1 amide bonds. The maximum Gasteiger partial charge on any atom is 0.231 e. The van der Waals surface area contributed by atoms with Crippen molar-refractivity contribution in [1.82, 2.24) is 0 Å². The number of anilines is 1. The van der Waals surface area contributed by atoms with Crippen molar-refractivity contribution >= 4 is 17.2 Å². The molecule has 74 valence electrons. The van der Waals surface area contributed by atoms with Crippen molar-refractivity contribution in [1.29, 1.82) is 5.26 Å². The Hall–Kier alpha value is -2.08. The van der Waals surface area contributed by atoms with Crippen molar-refractivity contribution in [3.05, 3.63) is 35.9 Å². The molecule has 0 unspecified atom stereocenters. The number of allylic oxidation sites excluding steroid dienone is 1. The Morgan fingerprint density at radius 3 is 3.00 bits per heavy atom. The Morgan fingerprint density at radius 1 is 1.60 bits per heavy atom. The first-order chi connectivity index (χ1) is 7.13. The summed E-state index contributed by atoms with van der Waals surface area (Å²) < 4.78 is 0. The predicted octanol–water partition coefficient (Wildman–Crippen LogP) is 1.74. The molecule has 0 N–H and O–H groups in total. The molecule has 2 rings (SSSR count). The van der Waals surface area contributed by atoms with Crippen LogP contribution >= 0.6 is 0 Å². The number of hydrogen-bond donors (Lipinski definition) is 0. The zero-order chi connectivity index (χ0) is 11.0. The molecule has 3 heteroatoms. The Bertz CT molecular complexity index is 497. The number of carbonyl (C=O) groups is 1. The minimum atomic E-state index is 0.0877. The first kappa shape index (κ1) is 9.47. The van der Waals surface area contributed by atoms with Gasteiger partial charge >= 0.3 is 0 Å². The van der Waals surface area contributed by atoms with Gasteiger partial charge in [0, 0.05) is 12.7 Å². The number of carbonyl (C=O) groups excluding carboxylic acids is 1. The first-order valence-electron chi connectivity index (χ1n) is 4.62. The highest BCUT2D eigenvalue weighted by atomic mass is 16.2. The minimum Gasteiger partial charge on any atom is -0.315 e. The zero-order valence-electron chi connectivity index (χ0n) is 8.45. The molecule has 0 radical (unpaired) electrons. The average Bonchev–Trinajstić information content (AvgIpc) is 2.53. The molecule has 1 aromatic rings. The van der Waals surface area contributed by atoms with Gasteiger partial charge in [-0.3, -0.25) is 4.79 Å². The fraction of sp³-hybridized carbons (Fsp3) is 0.167. The van der Waals surface area contributed by atoms with Crippen molar-refractivity contribution in [3.63, 3.8) is 0 Å². The summed E-state index contributed by atoms with van der Waals surface area (Å²) in [5, 5.41) is 8.71. The lowest BCUT2D eigenvalue weighted by atomic mass is 10.0. The maximum atomic E-state index is 11.4. The van der Waals surface area contributed by atoms with Gasteiger partial charge in [0.25, 0.3) is 0 Å². The molecule has 0 saturated heterocycles. The van der Waals surface area contributed by atoms with Gasteiger partial charge < -0.3 is 4.90 Å². The van der Waals surface area contributed by atoms with E-state index in [2.05, 4.69) is 6.58 Å². The number of hydrogen-bond acceptors (Lipinski definition) is 2. The van der Waals surface area contributed by atoms with Crippen LogP contribution in [0.5, 0.6) is 0 Å². The zero-order valence-corrected chi connectivity index (χ0v) is 8.45. The smallest absolute Gasteiger partial charge is 0.231 e. The molecule has 0 aliphatic carbocycles. The van der Waals surface area contributed by atoms with Crippen LogP contribution in [0.25, 0.3) is 5.57 Å². The van der Waals surface area contributed by atoms with Gasteiger partial charge in [0.1, 0.15) is 0 Å². The first-order valence-corrected chi connectivity index (χ1v) is 4.62. The number of nitrogens with zero attached hydrogens (tertiary/aromatic N) is 2. The van der Waals surface area contributed by atoms with Crippen LogP contribution in [-0.4, -0.2) is 13.0 Å². The number of benzene rings is 1. The lowest BCUT2D eigenvalue weighted by Crippen LogP contribution is -2.20. The van der Waals surface area contributed by atoms with Crippen LogP contribution in [0.4, 0.5) is 5.69 Å². The van der Waals surface area contributed by atoms with Gasteiger partial charge in [-0.2, -0.15) is 5.26 Å². The second kappa shape index (κ2) is 3.25. The summed E-state index contributed by atoms with van der Waals surface area (Å²) in [6, 6.07) is 7.54. The van der Waals surface area contributed by atoms with Crippen molar-refractivity contribution in [2.75, 3.05) is 11.9 Å². The predicted molar refractivity (Wildman–Crippen MR) is 58.2 cm³/mol. The fourth-order valence-electron chi connectivity index (χ4n) is 1.72. The quantitative estimate of drug-likeness (QED) is 0.645. The van der Waals surface area contributed by atoms with Gasteiger partial charge in [-0.05, 0) is 23.3 Å². The van der Waals surface area contributed by atoms with Crippen LogP contribution in [0.2, 0.25) is 0 Å². The summed E-state index contributed by atoms with van der Waals surface area (Å²) in [6.45, 7) is 3.65. The summed E-state index contributed by atoms with van der Waals surface area (Å²) in [5.41, 5.74) is 3.12. The highest BCUT2D eigenvalue weighted by Gasteiger charge is 2.23. The summed E-state index contributed by atoms with van der Waals surface area (Å²) in [4.78, 5) is 13.1. The SMILES string of the molecule is C=C(C#N)c1ccc2c(c1)CC(=O)N2C. The number of fused-ring (bicyclic) bond motifs is 1. The molecular weight excluding hydrogens is 188 g/mol. The lowest BCUT2D eigenvalue weighted by Gasteiger charge is -2.09. The Labute approximate surface area is 88.2 Å². The fourth-order valence-corrected chi connectivity index (χ4v) is 1.72. The molecule has 0 spiro atoms. The molecule has 0 fully saturated rings. The lowest BCUT2D eigenvalue weighted by molar-refractivity contribution is -0.117. The molecule has 0 atom stereocenters. The van der Waals surface area contributed by atoms with Crippen LogP contribution in [0.3, 0.4) is 0 Å². The third kappa shape index (κ3) is 1.40. The summed E-state index contributed by atoms with van der Waals surface area (Å²) >= 11 is 0. The number of nitriles is 1. The second-order valence-electron chi connectivity index (χ2n) is 3.56. The van der Waals surface area contributed by atoms with E-state index < -0.39 is 0 Å². The highest BCUT2D eigenvalue weighted by Crippen LogP contribution is 2.29.